The topological polar surface area (TPSA) is 9.23 Å². The van der Waals surface area contributed by atoms with Crippen LogP contribution in [-0.4, -0.2) is 34.9 Å². The zero-order chi connectivity index (χ0) is 7.54. The Morgan fingerprint density at radius 2 is 1.40 bits per heavy atom. The van der Waals surface area contributed by atoms with Crippen LogP contribution in [0, 0.1) is 0 Å². The first-order valence-corrected chi connectivity index (χ1v) is 4.70. The molecule has 0 aromatic rings. The quantitative estimate of drug-likeness (QED) is 0.557. The van der Waals surface area contributed by atoms with Gasteiger partial charge in [-0.3, -0.25) is 0 Å². The molecule has 0 N–H and O–H groups in total. The molecule has 0 bridgehead atoms. The monoisotopic (exact) mass is 220 g/mol. The van der Waals surface area contributed by atoms with Crippen molar-refractivity contribution in [2.45, 2.75) is 31.7 Å². The first-order chi connectivity index (χ1) is 4.33. The van der Waals surface area contributed by atoms with E-state index in [4.69, 9.17) is 4.74 Å². The van der Waals surface area contributed by atoms with Gasteiger partial charge in [0.2, 0.25) is 0 Å². The van der Waals surface area contributed by atoms with Crippen molar-refractivity contribution < 1.29 is 21.7 Å². The second-order valence-corrected chi connectivity index (χ2v) is 2.34. The second-order valence-electron chi connectivity index (χ2n) is 1.64. The van der Waals surface area contributed by atoms with Crippen molar-refractivity contribution in [3.05, 3.63) is 0 Å². The summed E-state index contributed by atoms with van der Waals surface area (Å²) >= 11 is 2.02. The van der Waals surface area contributed by atoms with E-state index < -0.39 is 0 Å². The molecule has 0 spiro atoms. The summed E-state index contributed by atoms with van der Waals surface area (Å²) in [4.78, 5) is 0. The minimum atomic E-state index is 0. The van der Waals surface area contributed by atoms with Gasteiger partial charge in [-0.15, -0.1) is 0 Å². The standard InChI is InChI=1S/C4H10O.C3H7.BrH.Mg/c1-3-5-4-2;1-3-2;;/h3-4H2,1-2H3;1,3H2,2H3;1H;/q;;;+1/p-1. The van der Waals surface area contributed by atoms with Crippen LogP contribution in [-0.2, 0) is 4.74 Å². The molecule has 0 unspecified atom stereocenters. The predicted molar refractivity (Wildman–Crippen MR) is 43.0 cm³/mol. The molecule has 0 rings (SSSR count). The van der Waals surface area contributed by atoms with Crippen LogP contribution in [0.1, 0.15) is 27.2 Å². The molecule has 60 valence electrons. The van der Waals surface area contributed by atoms with Gasteiger partial charge >= 0.3 is 39.6 Å². The molecule has 0 saturated heterocycles. The van der Waals surface area contributed by atoms with Gasteiger partial charge in [0.05, 0.1) is 0 Å². The predicted octanol–water partition coefficient (Wildman–Crippen LogP) is -0.970. The first kappa shape index (κ1) is 17.3. The summed E-state index contributed by atoms with van der Waals surface area (Å²) in [6.45, 7) is 7.85. The molecule has 0 amide bonds. The Hall–Kier alpha value is 1.21. The summed E-state index contributed by atoms with van der Waals surface area (Å²) in [7, 11) is 0. The number of hydrogen-bond donors (Lipinski definition) is 0. The fourth-order valence-electron chi connectivity index (χ4n) is 0.204. The average Bonchev–Trinajstić information content (AvgIpc) is 1.91. The minimum absolute atomic E-state index is 0. The van der Waals surface area contributed by atoms with Crippen LogP contribution in [0.5, 0.6) is 0 Å². The van der Waals surface area contributed by atoms with Crippen molar-refractivity contribution in [2.75, 3.05) is 13.2 Å². The van der Waals surface area contributed by atoms with Gasteiger partial charge in [-0.2, -0.15) is 0 Å². The third kappa shape index (κ3) is 35.0. The van der Waals surface area contributed by atoms with E-state index in [2.05, 4.69) is 6.92 Å². The Morgan fingerprint density at radius 3 is 1.40 bits per heavy atom. The number of rotatable bonds is 3. The van der Waals surface area contributed by atoms with E-state index in [1.807, 2.05) is 35.6 Å². The van der Waals surface area contributed by atoms with Crippen LogP contribution in [0.2, 0.25) is 4.55 Å². The van der Waals surface area contributed by atoms with Gasteiger partial charge in [0.1, 0.15) is 0 Å². The van der Waals surface area contributed by atoms with E-state index in [-0.39, 0.29) is 17.0 Å². The molecule has 0 atom stereocenters. The number of halogens is 1. The van der Waals surface area contributed by atoms with E-state index >= 15 is 0 Å². The summed E-state index contributed by atoms with van der Waals surface area (Å²) < 4.78 is 6.18. The first-order valence-electron chi connectivity index (χ1n) is 3.70. The minimum Gasteiger partial charge on any atom is -1.00 e. The third-order valence-electron chi connectivity index (χ3n) is 0.762. The average molecular weight is 221 g/mol. The Morgan fingerprint density at radius 1 is 1.10 bits per heavy atom. The van der Waals surface area contributed by atoms with Crippen molar-refractivity contribution in [1.82, 2.24) is 0 Å². The summed E-state index contributed by atoms with van der Waals surface area (Å²) in [6.07, 6.45) is 1.33. The maximum Gasteiger partial charge on any atom is -1.00 e. The van der Waals surface area contributed by atoms with Crippen molar-refractivity contribution in [2.24, 2.45) is 0 Å². The molecular weight excluding hydrogens is 204 g/mol. The summed E-state index contributed by atoms with van der Waals surface area (Å²) in [5.74, 6) is 0. The molecule has 0 aliphatic rings. The zero-order valence-electron chi connectivity index (χ0n) is 7.32. The molecule has 0 fully saturated rings. The largest absolute Gasteiger partial charge is 1.00 e. The van der Waals surface area contributed by atoms with Gasteiger partial charge in [-0.25, -0.2) is 0 Å². The maximum absolute atomic E-state index is 4.83. The number of hydrogen-bond acceptors (Lipinski definition) is 1. The van der Waals surface area contributed by atoms with E-state index in [9.17, 15) is 0 Å². The molecule has 0 radical (unpaired) electrons. The van der Waals surface area contributed by atoms with Crippen LogP contribution in [0.4, 0.5) is 0 Å². The molecule has 0 saturated carbocycles. The number of ether oxygens (including phenoxy) is 1. The molecule has 0 aliphatic carbocycles. The molecule has 1 nitrogen and oxygen atoms in total. The Bertz CT molecular complexity index is 32.8. The summed E-state index contributed by atoms with van der Waals surface area (Å²) in [6, 6.07) is 0. The summed E-state index contributed by atoms with van der Waals surface area (Å²) in [5, 5.41) is 0. The molecule has 3 heteroatoms. The van der Waals surface area contributed by atoms with Crippen molar-refractivity contribution >= 4 is 21.7 Å². The summed E-state index contributed by atoms with van der Waals surface area (Å²) in [5.41, 5.74) is 0. The van der Waals surface area contributed by atoms with Gasteiger partial charge in [0.15, 0.2) is 0 Å². The molecular formula is C7H17BrMgO. The van der Waals surface area contributed by atoms with Crippen LogP contribution in [0.15, 0.2) is 0 Å². The fourth-order valence-corrected chi connectivity index (χ4v) is 0.204. The van der Waals surface area contributed by atoms with Crippen LogP contribution >= 0.6 is 0 Å². The van der Waals surface area contributed by atoms with Gasteiger partial charge in [0, 0.05) is 13.2 Å². The van der Waals surface area contributed by atoms with Gasteiger partial charge in [0.25, 0.3) is 0 Å². The molecule has 0 aromatic carbocycles. The Balaban J connectivity index is -0.0000000910. The fraction of sp³-hybridized carbons (Fsp3) is 1.00. The molecule has 0 aromatic heterocycles. The van der Waals surface area contributed by atoms with Gasteiger partial charge in [-0.05, 0) is 13.8 Å². The molecule has 0 heterocycles. The van der Waals surface area contributed by atoms with E-state index in [0.29, 0.717) is 0 Å². The normalized spacial score (nSPS) is 7.30. The SMILES string of the molecule is CCOCC.CC[CH2][Mg+].[Br-]. The van der Waals surface area contributed by atoms with Gasteiger partial charge in [-0.1, -0.05) is 0 Å². The maximum atomic E-state index is 4.83. The second kappa shape index (κ2) is 22.5. The van der Waals surface area contributed by atoms with Crippen molar-refractivity contribution in [3.8, 4) is 0 Å². The molecule has 10 heavy (non-hydrogen) atoms. The Kier molecular flexibility index (Phi) is 38.9. The van der Waals surface area contributed by atoms with Crippen LogP contribution < -0.4 is 17.0 Å². The molecule has 0 aliphatic heterocycles. The zero-order valence-corrected chi connectivity index (χ0v) is 10.3. The van der Waals surface area contributed by atoms with Gasteiger partial charge < -0.3 is 21.7 Å². The van der Waals surface area contributed by atoms with Crippen molar-refractivity contribution in [1.29, 1.82) is 0 Å². The van der Waals surface area contributed by atoms with E-state index in [0.717, 1.165) is 13.2 Å². The van der Waals surface area contributed by atoms with Crippen molar-refractivity contribution in [3.63, 3.8) is 0 Å². The smallest absolute Gasteiger partial charge is 1.00 e. The van der Waals surface area contributed by atoms with E-state index in [1.54, 1.807) is 0 Å². The van der Waals surface area contributed by atoms with Crippen LogP contribution in [0.3, 0.4) is 0 Å². The van der Waals surface area contributed by atoms with Crippen LogP contribution in [0.25, 0.3) is 0 Å². The Labute approximate surface area is 88.1 Å². The third-order valence-corrected chi connectivity index (χ3v) is 1.47. The van der Waals surface area contributed by atoms with E-state index in [1.165, 1.54) is 11.0 Å².